The van der Waals surface area contributed by atoms with Crippen LogP contribution in [-0.2, 0) is 4.79 Å². The Hall–Kier alpha value is -2.33. The molecule has 1 aromatic heterocycles. The minimum Gasteiger partial charge on any atom is -0.426 e. The van der Waals surface area contributed by atoms with Crippen LogP contribution < -0.4 is 10.4 Å². The topological polar surface area (TPSA) is 56.5 Å². The third-order valence-corrected chi connectivity index (χ3v) is 3.15. The molecule has 0 radical (unpaired) electrons. The van der Waals surface area contributed by atoms with Crippen molar-refractivity contribution in [3.8, 4) is 5.75 Å². The molecule has 100 valence electrons. The molecule has 0 saturated carbocycles. The molecule has 0 saturated heterocycles. The second-order valence-electron chi connectivity index (χ2n) is 4.20. The SMILES string of the molecule is O=C(CCl)Oc1ccc2c(c1)oc(=O)c1ccccc12. The molecular weight excluding hydrogens is 280 g/mol. The number of rotatable bonds is 2. The first kappa shape index (κ1) is 12.7. The van der Waals surface area contributed by atoms with E-state index < -0.39 is 11.6 Å². The molecule has 0 fully saturated rings. The molecular formula is C15H9ClO4. The normalized spacial score (nSPS) is 10.8. The van der Waals surface area contributed by atoms with E-state index in [-0.39, 0.29) is 5.88 Å². The molecule has 0 aliphatic heterocycles. The van der Waals surface area contributed by atoms with Crippen molar-refractivity contribution in [2.24, 2.45) is 0 Å². The van der Waals surface area contributed by atoms with Crippen molar-refractivity contribution in [1.29, 1.82) is 0 Å². The minimum absolute atomic E-state index is 0.236. The summed E-state index contributed by atoms with van der Waals surface area (Å²) in [7, 11) is 0. The van der Waals surface area contributed by atoms with Crippen molar-refractivity contribution in [3.63, 3.8) is 0 Å². The van der Waals surface area contributed by atoms with Crippen LogP contribution in [0.2, 0.25) is 0 Å². The van der Waals surface area contributed by atoms with Gasteiger partial charge in [-0.25, -0.2) is 4.79 Å². The first-order valence-electron chi connectivity index (χ1n) is 5.91. The number of hydrogen-bond acceptors (Lipinski definition) is 4. The van der Waals surface area contributed by atoms with Crippen LogP contribution in [0.5, 0.6) is 5.75 Å². The Balaban J connectivity index is 2.23. The number of halogens is 1. The lowest BCUT2D eigenvalue weighted by molar-refractivity contribution is -0.131. The van der Waals surface area contributed by atoms with Gasteiger partial charge in [-0.2, -0.15) is 0 Å². The Kier molecular flexibility index (Phi) is 3.16. The average Bonchev–Trinajstić information content (AvgIpc) is 2.47. The van der Waals surface area contributed by atoms with Gasteiger partial charge in [0.05, 0.1) is 5.39 Å². The molecule has 4 nitrogen and oxygen atoms in total. The van der Waals surface area contributed by atoms with E-state index in [2.05, 4.69) is 0 Å². The molecule has 3 aromatic rings. The summed E-state index contributed by atoms with van der Waals surface area (Å²) in [5.74, 6) is -0.504. The van der Waals surface area contributed by atoms with Crippen LogP contribution in [0.25, 0.3) is 21.7 Å². The Labute approximate surface area is 118 Å². The Bertz CT molecular complexity index is 867. The van der Waals surface area contributed by atoms with Crippen molar-refractivity contribution >= 4 is 39.3 Å². The number of hydrogen-bond donors (Lipinski definition) is 0. The van der Waals surface area contributed by atoms with Crippen molar-refractivity contribution < 1.29 is 13.9 Å². The van der Waals surface area contributed by atoms with E-state index >= 15 is 0 Å². The molecule has 0 atom stereocenters. The van der Waals surface area contributed by atoms with Crippen LogP contribution in [0.15, 0.2) is 51.7 Å². The molecule has 0 spiro atoms. The van der Waals surface area contributed by atoms with Gasteiger partial charge in [-0.3, -0.25) is 4.79 Å². The van der Waals surface area contributed by atoms with Gasteiger partial charge in [0.2, 0.25) is 0 Å². The Morgan fingerprint density at radius 2 is 1.85 bits per heavy atom. The summed E-state index contributed by atoms with van der Waals surface area (Å²) in [6.07, 6.45) is 0. The summed E-state index contributed by atoms with van der Waals surface area (Å²) in [5, 5.41) is 2.10. The lowest BCUT2D eigenvalue weighted by Gasteiger charge is -2.05. The number of alkyl halides is 1. The maximum absolute atomic E-state index is 11.9. The number of carbonyl (C=O) groups excluding carboxylic acids is 1. The first-order chi connectivity index (χ1) is 9.69. The first-order valence-corrected chi connectivity index (χ1v) is 6.45. The van der Waals surface area contributed by atoms with Gasteiger partial charge in [0.15, 0.2) is 0 Å². The number of benzene rings is 2. The van der Waals surface area contributed by atoms with Gasteiger partial charge in [0.1, 0.15) is 17.2 Å². The highest BCUT2D eigenvalue weighted by molar-refractivity contribution is 6.26. The fraction of sp³-hybridized carbons (Fsp3) is 0.0667. The minimum atomic E-state index is -0.561. The smallest absolute Gasteiger partial charge is 0.344 e. The standard InChI is InChI=1S/C15H9ClO4/c16-8-14(17)19-9-5-6-11-10-3-1-2-4-12(10)15(18)20-13(11)7-9/h1-7H,8H2. The van der Waals surface area contributed by atoms with Gasteiger partial charge in [-0.05, 0) is 23.6 Å². The molecule has 2 aromatic carbocycles. The van der Waals surface area contributed by atoms with E-state index in [0.717, 1.165) is 10.8 Å². The zero-order valence-electron chi connectivity index (χ0n) is 10.3. The van der Waals surface area contributed by atoms with Gasteiger partial charge in [0.25, 0.3) is 0 Å². The zero-order chi connectivity index (χ0) is 14.1. The van der Waals surface area contributed by atoms with Crippen molar-refractivity contribution in [2.45, 2.75) is 0 Å². The van der Waals surface area contributed by atoms with Crippen LogP contribution >= 0.6 is 11.6 Å². The van der Waals surface area contributed by atoms with Gasteiger partial charge in [0, 0.05) is 11.5 Å². The van der Waals surface area contributed by atoms with Crippen LogP contribution in [-0.4, -0.2) is 11.8 Å². The third kappa shape index (κ3) is 2.14. The maximum Gasteiger partial charge on any atom is 0.344 e. The van der Waals surface area contributed by atoms with E-state index in [1.54, 1.807) is 24.3 Å². The number of carbonyl (C=O) groups is 1. The van der Waals surface area contributed by atoms with Crippen molar-refractivity contribution in [1.82, 2.24) is 0 Å². The monoisotopic (exact) mass is 288 g/mol. The number of esters is 1. The summed E-state index contributed by atoms with van der Waals surface area (Å²) in [4.78, 5) is 23.0. The molecule has 20 heavy (non-hydrogen) atoms. The molecule has 0 bridgehead atoms. The molecule has 0 unspecified atom stereocenters. The lowest BCUT2D eigenvalue weighted by atomic mass is 10.1. The molecule has 0 amide bonds. The fourth-order valence-corrected chi connectivity index (χ4v) is 2.14. The maximum atomic E-state index is 11.9. The van der Waals surface area contributed by atoms with Crippen LogP contribution in [0, 0.1) is 0 Å². The van der Waals surface area contributed by atoms with E-state index in [1.807, 2.05) is 12.1 Å². The van der Waals surface area contributed by atoms with Crippen LogP contribution in [0.1, 0.15) is 0 Å². The van der Waals surface area contributed by atoms with Gasteiger partial charge in [-0.1, -0.05) is 18.2 Å². The van der Waals surface area contributed by atoms with E-state index in [1.165, 1.54) is 6.07 Å². The summed E-state index contributed by atoms with van der Waals surface area (Å²) < 4.78 is 10.2. The fourth-order valence-electron chi connectivity index (χ4n) is 2.08. The van der Waals surface area contributed by atoms with Gasteiger partial charge >= 0.3 is 11.6 Å². The highest BCUT2D eigenvalue weighted by Crippen LogP contribution is 2.26. The average molecular weight is 289 g/mol. The molecule has 0 N–H and O–H groups in total. The highest BCUT2D eigenvalue weighted by Gasteiger charge is 2.09. The van der Waals surface area contributed by atoms with Crippen molar-refractivity contribution in [2.75, 3.05) is 5.88 Å². The Morgan fingerprint density at radius 1 is 1.10 bits per heavy atom. The zero-order valence-corrected chi connectivity index (χ0v) is 11.0. The predicted octanol–water partition coefficient (Wildman–Crippen LogP) is 3.09. The Morgan fingerprint density at radius 3 is 2.60 bits per heavy atom. The second-order valence-corrected chi connectivity index (χ2v) is 4.47. The van der Waals surface area contributed by atoms with Gasteiger partial charge < -0.3 is 9.15 Å². The predicted molar refractivity (Wildman–Crippen MR) is 76.3 cm³/mol. The van der Waals surface area contributed by atoms with E-state index in [9.17, 15) is 9.59 Å². The highest BCUT2D eigenvalue weighted by atomic mass is 35.5. The summed E-state index contributed by atoms with van der Waals surface area (Å²) >= 11 is 5.38. The summed E-state index contributed by atoms with van der Waals surface area (Å²) in [6, 6.07) is 12.1. The molecule has 0 aliphatic rings. The molecule has 1 heterocycles. The number of fused-ring (bicyclic) bond motifs is 3. The third-order valence-electron chi connectivity index (χ3n) is 2.93. The van der Waals surface area contributed by atoms with Crippen LogP contribution in [0.4, 0.5) is 0 Å². The largest absolute Gasteiger partial charge is 0.426 e. The lowest BCUT2D eigenvalue weighted by Crippen LogP contribution is -2.08. The van der Waals surface area contributed by atoms with E-state index in [0.29, 0.717) is 16.7 Å². The molecule has 3 rings (SSSR count). The molecule has 0 aliphatic carbocycles. The second kappa shape index (κ2) is 4.98. The molecule has 5 heteroatoms. The summed E-state index contributed by atoms with van der Waals surface area (Å²) in [5.41, 5.74) is -0.0532. The summed E-state index contributed by atoms with van der Waals surface area (Å²) in [6.45, 7) is 0. The van der Waals surface area contributed by atoms with Crippen LogP contribution in [0.3, 0.4) is 0 Å². The van der Waals surface area contributed by atoms with Gasteiger partial charge in [-0.15, -0.1) is 11.6 Å². The number of ether oxygens (including phenoxy) is 1. The quantitative estimate of drug-likeness (QED) is 0.239. The van der Waals surface area contributed by atoms with E-state index in [4.69, 9.17) is 20.8 Å². The van der Waals surface area contributed by atoms with Crippen molar-refractivity contribution in [3.05, 3.63) is 52.9 Å².